The maximum atomic E-state index is 9.26. The van der Waals surface area contributed by atoms with E-state index in [1.807, 2.05) is 4.68 Å². The van der Waals surface area contributed by atoms with Gasteiger partial charge in [0.25, 0.3) is 0 Å². The molecule has 1 aromatic heterocycles. The number of hydrogen-bond acceptors (Lipinski definition) is 2. The molecule has 1 heterocycles. The average Bonchev–Trinajstić information content (AvgIpc) is 2.94. The molecule has 2 rings (SSSR count). The fourth-order valence-electron chi connectivity index (χ4n) is 2.58. The summed E-state index contributed by atoms with van der Waals surface area (Å²) in [5.41, 5.74) is 1.54. The zero-order valence-electron chi connectivity index (χ0n) is 11.1. The fourth-order valence-corrected chi connectivity index (χ4v) is 2.84. The highest BCUT2D eigenvalue weighted by Crippen LogP contribution is 2.37. The van der Waals surface area contributed by atoms with Crippen molar-refractivity contribution in [3.8, 4) is 6.07 Å². The van der Waals surface area contributed by atoms with Crippen LogP contribution in [0.3, 0.4) is 0 Å². The minimum Gasteiger partial charge on any atom is -0.252 e. The lowest BCUT2D eigenvalue weighted by Gasteiger charge is -2.06. The summed E-state index contributed by atoms with van der Waals surface area (Å²) in [5, 5.41) is 14.4. The van der Waals surface area contributed by atoms with Gasteiger partial charge in [-0.2, -0.15) is 10.4 Å². The van der Waals surface area contributed by atoms with Gasteiger partial charge in [-0.25, -0.2) is 0 Å². The topological polar surface area (TPSA) is 41.6 Å². The van der Waals surface area contributed by atoms with E-state index in [1.54, 1.807) is 0 Å². The second-order valence-corrected chi connectivity index (χ2v) is 5.91. The Hall–Kier alpha value is -1.01. The zero-order chi connectivity index (χ0) is 13.1. The Balaban J connectivity index is 2.24. The Morgan fingerprint density at radius 2 is 2.11 bits per heavy atom. The smallest absolute Gasteiger partial charge is 0.145 e. The van der Waals surface area contributed by atoms with Crippen LogP contribution in [-0.2, 0) is 6.54 Å². The van der Waals surface area contributed by atoms with Crippen molar-refractivity contribution < 1.29 is 0 Å². The molecule has 0 unspecified atom stereocenters. The summed E-state index contributed by atoms with van der Waals surface area (Å²) in [6, 6.07) is 2.23. The van der Waals surface area contributed by atoms with E-state index in [4.69, 9.17) is 11.6 Å². The summed E-state index contributed by atoms with van der Waals surface area (Å²) in [5.74, 6) is 1.06. The van der Waals surface area contributed by atoms with E-state index in [0.29, 0.717) is 22.6 Å². The number of aryl methyl sites for hydroxylation is 1. The molecule has 0 saturated heterocycles. The number of hydrogen-bond donors (Lipinski definition) is 0. The van der Waals surface area contributed by atoms with Gasteiger partial charge in [-0.05, 0) is 25.2 Å². The van der Waals surface area contributed by atoms with Gasteiger partial charge in [0.05, 0.1) is 5.69 Å². The van der Waals surface area contributed by atoms with Gasteiger partial charge in [0.2, 0.25) is 0 Å². The number of nitriles is 1. The molecule has 1 aromatic rings. The third-order valence-electron chi connectivity index (χ3n) is 3.69. The van der Waals surface area contributed by atoms with Crippen molar-refractivity contribution in [3.63, 3.8) is 0 Å². The van der Waals surface area contributed by atoms with Crippen LogP contribution >= 0.6 is 11.6 Å². The summed E-state index contributed by atoms with van der Waals surface area (Å²) in [4.78, 5) is 0. The fraction of sp³-hybridized carbons (Fsp3) is 0.714. The van der Waals surface area contributed by atoms with E-state index in [9.17, 15) is 5.26 Å². The van der Waals surface area contributed by atoms with E-state index in [2.05, 4.69) is 25.0 Å². The summed E-state index contributed by atoms with van der Waals surface area (Å²) in [6.07, 6.45) is 5.81. The molecule has 0 atom stereocenters. The van der Waals surface area contributed by atoms with E-state index in [0.717, 1.165) is 31.5 Å². The molecule has 1 aliphatic carbocycles. The lowest BCUT2D eigenvalue weighted by Crippen LogP contribution is -2.04. The van der Waals surface area contributed by atoms with E-state index < -0.39 is 0 Å². The highest BCUT2D eigenvalue weighted by atomic mass is 35.5. The molecule has 0 aliphatic heterocycles. The monoisotopic (exact) mass is 265 g/mol. The van der Waals surface area contributed by atoms with Crippen molar-refractivity contribution in [2.24, 2.45) is 5.92 Å². The molecule has 0 amide bonds. The third-order valence-corrected chi connectivity index (χ3v) is 4.07. The van der Waals surface area contributed by atoms with E-state index in [-0.39, 0.29) is 0 Å². The van der Waals surface area contributed by atoms with E-state index in [1.165, 1.54) is 12.8 Å². The Kier molecular flexibility index (Phi) is 4.29. The largest absolute Gasteiger partial charge is 0.252 e. The van der Waals surface area contributed by atoms with Crippen molar-refractivity contribution in [2.45, 2.75) is 58.4 Å². The van der Waals surface area contributed by atoms with Gasteiger partial charge in [-0.3, -0.25) is 4.68 Å². The lowest BCUT2D eigenvalue weighted by atomic mass is 10.0. The number of nitrogens with zero attached hydrogens (tertiary/aromatic N) is 3. The van der Waals surface area contributed by atoms with Gasteiger partial charge in [0.15, 0.2) is 0 Å². The van der Waals surface area contributed by atoms with Gasteiger partial charge >= 0.3 is 0 Å². The maximum absolute atomic E-state index is 9.26. The number of halogens is 1. The highest BCUT2D eigenvalue weighted by Gasteiger charge is 2.26. The minimum absolute atomic E-state index is 0.442. The Labute approximate surface area is 114 Å². The molecule has 0 aromatic carbocycles. The van der Waals surface area contributed by atoms with Crippen LogP contribution in [0.1, 0.15) is 63.1 Å². The first kappa shape index (κ1) is 13.4. The molecule has 1 saturated carbocycles. The predicted molar refractivity (Wildman–Crippen MR) is 72.6 cm³/mol. The maximum Gasteiger partial charge on any atom is 0.145 e. The van der Waals surface area contributed by atoms with Gasteiger partial charge in [0, 0.05) is 12.5 Å². The summed E-state index contributed by atoms with van der Waals surface area (Å²) in [7, 11) is 0. The SMILES string of the molecule is CC(C)CCn1nc(C2CCCC2)c(C#N)c1Cl. The number of rotatable bonds is 4. The molecule has 98 valence electrons. The first-order chi connectivity index (χ1) is 8.63. The third kappa shape index (κ3) is 2.70. The van der Waals surface area contributed by atoms with Crippen LogP contribution in [0.4, 0.5) is 0 Å². The molecule has 4 heteroatoms. The molecular formula is C14H20ClN3. The van der Waals surface area contributed by atoms with Crippen molar-refractivity contribution in [3.05, 3.63) is 16.4 Å². The van der Waals surface area contributed by atoms with E-state index >= 15 is 0 Å². The standard InChI is InChI=1S/C14H20ClN3/c1-10(2)7-8-18-14(15)12(9-16)13(17-18)11-5-3-4-6-11/h10-11H,3-8H2,1-2H3. The molecule has 0 N–H and O–H groups in total. The molecule has 1 aliphatic rings. The zero-order valence-corrected chi connectivity index (χ0v) is 11.9. The van der Waals surface area contributed by atoms with Crippen LogP contribution in [0.25, 0.3) is 0 Å². The van der Waals surface area contributed by atoms with Crippen LogP contribution in [0.2, 0.25) is 5.15 Å². The van der Waals surface area contributed by atoms with Crippen LogP contribution in [0.15, 0.2) is 0 Å². The molecule has 0 bridgehead atoms. The van der Waals surface area contributed by atoms with Crippen molar-refractivity contribution in [1.29, 1.82) is 5.26 Å². The Morgan fingerprint density at radius 3 is 2.67 bits per heavy atom. The van der Waals surface area contributed by atoms with Gasteiger partial charge < -0.3 is 0 Å². The second kappa shape index (κ2) is 5.75. The van der Waals surface area contributed by atoms with Crippen molar-refractivity contribution in [2.75, 3.05) is 0 Å². The highest BCUT2D eigenvalue weighted by molar-refractivity contribution is 6.30. The molecule has 3 nitrogen and oxygen atoms in total. The quantitative estimate of drug-likeness (QED) is 0.822. The van der Waals surface area contributed by atoms with Gasteiger partial charge in [-0.15, -0.1) is 0 Å². The Morgan fingerprint density at radius 1 is 1.44 bits per heavy atom. The molecule has 18 heavy (non-hydrogen) atoms. The van der Waals surface area contributed by atoms with Crippen LogP contribution in [0.5, 0.6) is 0 Å². The van der Waals surface area contributed by atoms with Crippen LogP contribution in [0, 0.1) is 17.2 Å². The normalized spacial score (nSPS) is 16.4. The summed E-state index contributed by atoms with van der Waals surface area (Å²) >= 11 is 6.27. The molecule has 1 fully saturated rings. The first-order valence-electron chi connectivity index (χ1n) is 6.79. The van der Waals surface area contributed by atoms with Crippen LogP contribution < -0.4 is 0 Å². The second-order valence-electron chi connectivity index (χ2n) is 5.55. The molecule has 0 radical (unpaired) electrons. The number of aromatic nitrogens is 2. The van der Waals surface area contributed by atoms with Crippen molar-refractivity contribution >= 4 is 11.6 Å². The van der Waals surface area contributed by atoms with Gasteiger partial charge in [0.1, 0.15) is 16.8 Å². The summed E-state index contributed by atoms with van der Waals surface area (Å²) in [6.45, 7) is 5.17. The van der Waals surface area contributed by atoms with Crippen LogP contribution in [-0.4, -0.2) is 9.78 Å². The van der Waals surface area contributed by atoms with Crippen molar-refractivity contribution in [1.82, 2.24) is 9.78 Å². The lowest BCUT2D eigenvalue weighted by molar-refractivity contribution is 0.481. The predicted octanol–water partition coefficient (Wildman–Crippen LogP) is 4.11. The minimum atomic E-state index is 0.442. The van der Waals surface area contributed by atoms with Gasteiger partial charge in [-0.1, -0.05) is 38.3 Å². The Bertz CT molecular complexity index is 450. The first-order valence-corrected chi connectivity index (χ1v) is 7.17. The summed E-state index contributed by atoms with van der Waals surface area (Å²) < 4.78 is 1.81. The molecular weight excluding hydrogens is 246 g/mol. The average molecular weight is 266 g/mol. The molecule has 0 spiro atoms.